The molecule has 2 aromatic carbocycles. The van der Waals surface area contributed by atoms with Crippen molar-refractivity contribution in [2.24, 2.45) is 0 Å². The van der Waals surface area contributed by atoms with Crippen molar-refractivity contribution in [3.8, 4) is 11.1 Å². The zero-order valence-corrected chi connectivity index (χ0v) is 10.2. The Morgan fingerprint density at radius 2 is 1.82 bits per heavy atom. The first kappa shape index (κ1) is 10.5. The summed E-state index contributed by atoms with van der Waals surface area (Å²) in [6, 6.07) is 15.7. The largest absolute Gasteiger partial charge is 0.319 e. The van der Waals surface area contributed by atoms with Crippen molar-refractivity contribution in [2.45, 2.75) is 12.8 Å². The molecule has 17 heavy (non-hydrogen) atoms. The van der Waals surface area contributed by atoms with Crippen LogP contribution in [0.25, 0.3) is 11.1 Å². The Bertz CT molecular complexity index is 543. The summed E-state index contributed by atoms with van der Waals surface area (Å²) in [6.07, 6.45) is 2.20. The summed E-state index contributed by atoms with van der Waals surface area (Å²) in [6.45, 7) is 1.04. The van der Waals surface area contributed by atoms with Crippen LogP contribution in [0.5, 0.6) is 0 Å². The molecule has 0 atom stereocenters. The van der Waals surface area contributed by atoms with Crippen molar-refractivity contribution >= 4 is 0 Å². The number of benzene rings is 2. The Morgan fingerprint density at radius 1 is 1.00 bits per heavy atom. The number of nitrogens with one attached hydrogen (secondary N) is 1. The minimum absolute atomic E-state index is 1.04. The summed E-state index contributed by atoms with van der Waals surface area (Å²) in [5.74, 6) is 0. The van der Waals surface area contributed by atoms with Crippen LogP contribution >= 0.6 is 0 Å². The molecule has 0 aromatic heterocycles. The van der Waals surface area contributed by atoms with E-state index in [-0.39, 0.29) is 0 Å². The average Bonchev–Trinajstić information content (AvgIpc) is 2.74. The molecule has 0 aliphatic heterocycles. The SMILES string of the molecule is CNCCc1ccc2c(c1)-c1ccccc1C2. The predicted molar refractivity (Wildman–Crippen MR) is 72.3 cm³/mol. The Morgan fingerprint density at radius 3 is 2.71 bits per heavy atom. The third-order valence-corrected chi connectivity index (χ3v) is 3.53. The van der Waals surface area contributed by atoms with E-state index in [1.54, 1.807) is 0 Å². The second-order valence-corrected chi connectivity index (χ2v) is 4.68. The molecule has 0 amide bonds. The van der Waals surface area contributed by atoms with Gasteiger partial charge in [-0.1, -0.05) is 42.5 Å². The first-order valence-corrected chi connectivity index (χ1v) is 6.23. The molecule has 1 heteroatoms. The van der Waals surface area contributed by atoms with Gasteiger partial charge in [-0.05, 0) is 54.3 Å². The van der Waals surface area contributed by atoms with Crippen molar-refractivity contribution in [1.29, 1.82) is 0 Å². The average molecular weight is 223 g/mol. The molecule has 1 N–H and O–H groups in total. The molecule has 0 fully saturated rings. The van der Waals surface area contributed by atoms with Crippen LogP contribution in [0, 0.1) is 0 Å². The smallest absolute Gasteiger partial charge is 0.00114 e. The first-order chi connectivity index (χ1) is 8.38. The maximum atomic E-state index is 3.20. The highest BCUT2D eigenvalue weighted by Crippen LogP contribution is 2.36. The fourth-order valence-corrected chi connectivity index (χ4v) is 2.60. The fraction of sp³-hybridized carbons (Fsp3) is 0.250. The van der Waals surface area contributed by atoms with Crippen LogP contribution in [-0.2, 0) is 12.8 Å². The van der Waals surface area contributed by atoms with Crippen LogP contribution < -0.4 is 5.32 Å². The number of rotatable bonds is 3. The topological polar surface area (TPSA) is 12.0 Å². The van der Waals surface area contributed by atoms with Gasteiger partial charge in [-0.3, -0.25) is 0 Å². The Labute approximate surface area is 102 Å². The molecule has 2 aromatic rings. The van der Waals surface area contributed by atoms with Gasteiger partial charge >= 0.3 is 0 Å². The van der Waals surface area contributed by atoms with E-state index in [9.17, 15) is 0 Å². The van der Waals surface area contributed by atoms with Gasteiger partial charge < -0.3 is 5.32 Å². The van der Waals surface area contributed by atoms with Crippen LogP contribution in [0.3, 0.4) is 0 Å². The van der Waals surface area contributed by atoms with Gasteiger partial charge in [0.05, 0.1) is 0 Å². The molecule has 0 bridgehead atoms. The van der Waals surface area contributed by atoms with E-state index in [1.807, 2.05) is 7.05 Å². The standard InChI is InChI=1S/C16H17N/c1-17-9-8-12-6-7-14-11-13-4-2-3-5-15(13)16(14)10-12/h2-7,10,17H,8-9,11H2,1H3. The van der Waals surface area contributed by atoms with Gasteiger partial charge in [0, 0.05) is 0 Å². The van der Waals surface area contributed by atoms with Gasteiger partial charge in [-0.25, -0.2) is 0 Å². The highest BCUT2D eigenvalue weighted by atomic mass is 14.8. The van der Waals surface area contributed by atoms with Crippen molar-refractivity contribution in [2.75, 3.05) is 13.6 Å². The molecule has 0 saturated carbocycles. The Balaban J connectivity index is 1.99. The minimum atomic E-state index is 1.04. The summed E-state index contributed by atoms with van der Waals surface area (Å²) < 4.78 is 0. The van der Waals surface area contributed by atoms with Crippen molar-refractivity contribution in [1.82, 2.24) is 5.32 Å². The van der Waals surface area contributed by atoms with Crippen LogP contribution in [0.15, 0.2) is 42.5 Å². The molecule has 0 heterocycles. The molecule has 1 aliphatic rings. The lowest BCUT2D eigenvalue weighted by molar-refractivity contribution is 0.792. The highest BCUT2D eigenvalue weighted by Gasteiger charge is 2.17. The highest BCUT2D eigenvalue weighted by molar-refractivity contribution is 5.77. The quantitative estimate of drug-likeness (QED) is 0.719. The number of hydrogen-bond donors (Lipinski definition) is 1. The second-order valence-electron chi connectivity index (χ2n) is 4.68. The molecular weight excluding hydrogens is 206 g/mol. The van der Waals surface area contributed by atoms with E-state index >= 15 is 0 Å². The van der Waals surface area contributed by atoms with E-state index in [1.165, 1.54) is 27.8 Å². The summed E-state index contributed by atoms with van der Waals surface area (Å²) in [5, 5.41) is 3.20. The van der Waals surface area contributed by atoms with Crippen LogP contribution in [0.1, 0.15) is 16.7 Å². The molecule has 0 saturated heterocycles. The maximum Gasteiger partial charge on any atom is -0.00114 e. The molecule has 86 valence electrons. The van der Waals surface area contributed by atoms with E-state index in [2.05, 4.69) is 47.8 Å². The third kappa shape index (κ3) is 1.87. The zero-order valence-electron chi connectivity index (χ0n) is 10.2. The maximum absolute atomic E-state index is 3.20. The van der Waals surface area contributed by atoms with Gasteiger partial charge in [0.2, 0.25) is 0 Å². The van der Waals surface area contributed by atoms with Crippen molar-refractivity contribution < 1.29 is 0 Å². The molecule has 0 unspecified atom stereocenters. The van der Waals surface area contributed by atoms with Gasteiger partial charge in [0.15, 0.2) is 0 Å². The van der Waals surface area contributed by atoms with E-state index in [0.29, 0.717) is 0 Å². The van der Waals surface area contributed by atoms with Crippen LogP contribution in [0.4, 0.5) is 0 Å². The first-order valence-electron chi connectivity index (χ1n) is 6.23. The zero-order chi connectivity index (χ0) is 11.7. The van der Waals surface area contributed by atoms with Crippen LogP contribution in [-0.4, -0.2) is 13.6 Å². The molecule has 3 rings (SSSR count). The Kier molecular flexibility index (Phi) is 2.69. The van der Waals surface area contributed by atoms with Crippen LogP contribution in [0.2, 0.25) is 0 Å². The van der Waals surface area contributed by atoms with Crippen molar-refractivity contribution in [3.63, 3.8) is 0 Å². The predicted octanol–water partition coefficient (Wildman–Crippen LogP) is 3.02. The molecule has 0 radical (unpaired) electrons. The molecule has 1 nitrogen and oxygen atoms in total. The monoisotopic (exact) mass is 223 g/mol. The number of hydrogen-bond acceptors (Lipinski definition) is 1. The lowest BCUT2D eigenvalue weighted by atomic mass is 10.0. The number of likely N-dealkylation sites (N-methyl/N-ethyl adjacent to an activating group) is 1. The van der Waals surface area contributed by atoms with Gasteiger partial charge in [0.25, 0.3) is 0 Å². The lowest BCUT2D eigenvalue weighted by Gasteiger charge is -2.05. The van der Waals surface area contributed by atoms with Gasteiger partial charge in [-0.15, -0.1) is 0 Å². The molecular formula is C16H17N. The normalized spacial score (nSPS) is 12.3. The summed E-state index contributed by atoms with van der Waals surface area (Å²) in [4.78, 5) is 0. The van der Waals surface area contributed by atoms with Gasteiger partial charge in [-0.2, -0.15) is 0 Å². The van der Waals surface area contributed by atoms with Crippen molar-refractivity contribution in [3.05, 3.63) is 59.2 Å². The molecule has 1 aliphatic carbocycles. The van der Waals surface area contributed by atoms with E-state index in [0.717, 1.165) is 19.4 Å². The second kappa shape index (κ2) is 4.34. The Hall–Kier alpha value is -1.60. The summed E-state index contributed by atoms with van der Waals surface area (Å²) >= 11 is 0. The van der Waals surface area contributed by atoms with E-state index in [4.69, 9.17) is 0 Å². The fourth-order valence-electron chi connectivity index (χ4n) is 2.60. The van der Waals surface area contributed by atoms with E-state index < -0.39 is 0 Å². The lowest BCUT2D eigenvalue weighted by Crippen LogP contribution is -2.10. The summed E-state index contributed by atoms with van der Waals surface area (Å²) in [5.41, 5.74) is 7.23. The third-order valence-electron chi connectivity index (χ3n) is 3.53. The minimum Gasteiger partial charge on any atom is -0.319 e. The van der Waals surface area contributed by atoms with Gasteiger partial charge in [0.1, 0.15) is 0 Å². The number of fused-ring (bicyclic) bond motifs is 3. The summed E-state index contributed by atoms with van der Waals surface area (Å²) in [7, 11) is 2.00. The molecule has 0 spiro atoms.